The molecule has 4 rings (SSSR count). The third kappa shape index (κ3) is 3.26. The largest absolute Gasteiger partial charge is 0.435 e. The fourth-order valence-corrected chi connectivity index (χ4v) is 3.77. The number of hydrogen-bond acceptors (Lipinski definition) is 3. The van der Waals surface area contributed by atoms with Gasteiger partial charge in [0.2, 0.25) is 0 Å². The third-order valence-electron chi connectivity index (χ3n) is 4.17. The van der Waals surface area contributed by atoms with Crippen LogP contribution >= 0.6 is 11.3 Å². The Bertz CT molecular complexity index is 1200. The highest BCUT2D eigenvalue weighted by atomic mass is 32.1. The number of carbonyl (C=O) groups excluding carboxylic acids is 1. The molecule has 0 N–H and O–H groups in total. The van der Waals surface area contributed by atoms with E-state index in [1.807, 2.05) is 30.3 Å². The highest BCUT2D eigenvalue weighted by molar-refractivity contribution is 7.17. The summed E-state index contributed by atoms with van der Waals surface area (Å²) in [5.74, 6) is -0.365. The molecule has 3 nitrogen and oxygen atoms in total. The Morgan fingerprint density at radius 3 is 2.63 bits per heavy atom. The van der Waals surface area contributed by atoms with Crippen LogP contribution in [-0.2, 0) is 6.18 Å². The molecule has 7 heteroatoms. The summed E-state index contributed by atoms with van der Waals surface area (Å²) in [4.78, 5) is 17.3. The number of hydrogen-bond donors (Lipinski definition) is 0. The number of ketones is 1. The molecule has 27 heavy (non-hydrogen) atoms. The van der Waals surface area contributed by atoms with Crippen molar-refractivity contribution in [3.05, 3.63) is 76.6 Å². The Labute approximate surface area is 156 Å². The predicted molar refractivity (Wildman–Crippen MR) is 100 cm³/mol. The van der Waals surface area contributed by atoms with Crippen LogP contribution in [-0.4, -0.2) is 15.2 Å². The van der Waals surface area contributed by atoms with E-state index in [1.54, 1.807) is 25.3 Å². The molecule has 4 aromatic rings. The van der Waals surface area contributed by atoms with Crippen molar-refractivity contribution >= 4 is 38.9 Å². The first-order chi connectivity index (χ1) is 12.8. The zero-order chi connectivity index (χ0) is 19.2. The second-order valence-corrected chi connectivity index (χ2v) is 7.31. The fraction of sp³-hybridized carbons (Fsp3) is 0.100. The molecule has 136 valence electrons. The van der Waals surface area contributed by atoms with Gasteiger partial charge < -0.3 is 0 Å². The lowest BCUT2D eigenvalue weighted by Crippen LogP contribution is -2.08. The van der Waals surface area contributed by atoms with E-state index >= 15 is 0 Å². The van der Waals surface area contributed by atoms with Crippen molar-refractivity contribution in [3.63, 3.8) is 0 Å². The van der Waals surface area contributed by atoms with Crippen molar-refractivity contribution < 1.29 is 18.0 Å². The normalized spacial score (nSPS) is 12.4. The van der Waals surface area contributed by atoms with Gasteiger partial charge in [-0.3, -0.25) is 9.20 Å². The standard InChI is InChI=1S/C20H13F3N2OS/c1-12-11-25-16(18(20(21,22)23)24-19(25)27-12)8-9-17(26)15-7-6-13-4-2-3-5-14(13)10-15/h2-11H,1H3/b9-8+. The number of carbonyl (C=O) groups is 1. The summed E-state index contributed by atoms with van der Waals surface area (Å²) in [6, 6.07) is 12.8. The molecule has 0 unspecified atom stereocenters. The Morgan fingerprint density at radius 2 is 1.89 bits per heavy atom. The van der Waals surface area contributed by atoms with E-state index < -0.39 is 11.9 Å². The summed E-state index contributed by atoms with van der Waals surface area (Å²) in [5, 5.41) is 1.89. The Morgan fingerprint density at radius 1 is 1.15 bits per heavy atom. The molecule has 0 aliphatic carbocycles. The number of nitrogens with zero attached hydrogens (tertiary/aromatic N) is 2. The monoisotopic (exact) mass is 386 g/mol. The first-order valence-electron chi connectivity index (χ1n) is 8.10. The quantitative estimate of drug-likeness (QED) is 0.331. The molecule has 0 saturated carbocycles. The van der Waals surface area contributed by atoms with Crippen molar-refractivity contribution in [3.8, 4) is 0 Å². The minimum absolute atomic E-state index is 0.143. The number of halogens is 3. The summed E-state index contributed by atoms with van der Waals surface area (Å²) in [6.45, 7) is 1.79. The second-order valence-electron chi connectivity index (χ2n) is 6.10. The Balaban J connectivity index is 1.73. The average molecular weight is 386 g/mol. The number of benzene rings is 2. The maximum absolute atomic E-state index is 13.3. The number of rotatable bonds is 3. The number of imidazole rings is 1. The molecule has 0 fully saturated rings. The summed E-state index contributed by atoms with van der Waals surface area (Å²) < 4.78 is 41.3. The summed E-state index contributed by atoms with van der Waals surface area (Å²) >= 11 is 1.17. The Kier molecular flexibility index (Phi) is 4.11. The van der Waals surface area contributed by atoms with Crippen LogP contribution in [0.3, 0.4) is 0 Å². The van der Waals surface area contributed by atoms with Gasteiger partial charge in [-0.25, -0.2) is 4.98 Å². The van der Waals surface area contributed by atoms with Gasteiger partial charge in [-0.2, -0.15) is 13.2 Å². The zero-order valence-corrected chi connectivity index (χ0v) is 14.9. The van der Waals surface area contributed by atoms with Crippen LogP contribution in [0, 0.1) is 6.92 Å². The lowest BCUT2D eigenvalue weighted by atomic mass is 10.0. The van der Waals surface area contributed by atoms with Crippen molar-refractivity contribution in [1.82, 2.24) is 9.38 Å². The van der Waals surface area contributed by atoms with Crippen LogP contribution in [0.15, 0.2) is 54.7 Å². The fourth-order valence-electron chi connectivity index (χ4n) is 2.93. The zero-order valence-electron chi connectivity index (χ0n) is 14.1. The number of aryl methyl sites for hydroxylation is 1. The lowest BCUT2D eigenvalue weighted by Gasteiger charge is -2.04. The SMILES string of the molecule is Cc1cn2c(/C=C/C(=O)c3ccc4ccccc4c3)c(C(F)(F)F)nc2s1. The smallest absolute Gasteiger partial charge is 0.290 e. The average Bonchev–Trinajstić information content (AvgIpc) is 3.15. The van der Waals surface area contributed by atoms with Gasteiger partial charge in [-0.1, -0.05) is 36.4 Å². The van der Waals surface area contributed by atoms with Crippen molar-refractivity contribution in [1.29, 1.82) is 0 Å². The van der Waals surface area contributed by atoms with Gasteiger partial charge in [0, 0.05) is 16.6 Å². The molecule has 2 heterocycles. The number of fused-ring (bicyclic) bond motifs is 2. The van der Waals surface area contributed by atoms with E-state index in [4.69, 9.17) is 0 Å². The van der Waals surface area contributed by atoms with Gasteiger partial charge in [-0.05, 0) is 35.9 Å². The van der Waals surface area contributed by atoms with Gasteiger partial charge in [-0.15, -0.1) is 11.3 Å². The van der Waals surface area contributed by atoms with Gasteiger partial charge in [0.15, 0.2) is 16.4 Å². The number of alkyl halides is 3. The molecule has 2 aromatic carbocycles. The van der Waals surface area contributed by atoms with Crippen molar-refractivity contribution in [2.24, 2.45) is 0 Å². The van der Waals surface area contributed by atoms with Gasteiger partial charge >= 0.3 is 6.18 Å². The molecule has 0 aliphatic rings. The highest BCUT2D eigenvalue weighted by Gasteiger charge is 2.37. The van der Waals surface area contributed by atoms with E-state index in [0.29, 0.717) is 5.56 Å². The molecular weight excluding hydrogens is 373 g/mol. The topological polar surface area (TPSA) is 34.4 Å². The van der Waals surface area contributed by atoms with Crippen LogP contribution in [0.4, 0.5) is 13.2 Å². The molecule has 2 aromatic heterocycles. The number of allylic oxidation sites excluding steroid dienone is 1. The molecule has 0 radical (unpaired) electrons. The predicted octanol–water partition coefficient (Wildman–Crippen LogP) is 5.77. The van der Waals surface area contributed by atoms with Crippen LogP contribution in [0.5, 0.6) is 0 Å². The number of thiazole rings is 1. The molecule has 0 aliphatic heterocycles. The molecule has 0 bridgehead atoms. The third-order valence-corrected chi connectivity index (χ3v) is 5.07. The van der Waals surface area contributed by atoms with E-state index in [2.05, 4.69) is 4.98 Å². The number of aromatic nitrogens is 2. The molecule has 0 atom stereocenters. The summed E-state index contributed by atoms with van der Waals surface area (Å²) in [6.07, 6.45) is -0.657. The van der Waals surface area contributed by atoms with E-state index in [0.717, 1.165) is 21.7 Å². The Hall–Kier alpha value is -2.93. The first kappa shape index (κ1) is 17.5. The minimum atomic E-state index is -4.59. The van der Waals surface area contributed by atoms with Crippen molar-refractivity contribution in [2.75, 3.05) is 0 Å². The van der Waals surface area contributed by atoms with Crippen LogP contribution in [0.25, 0.3) is 21.8 Å². The molecule has 0 spiro atoms. The molecule has 0 saturated heterocycles. The first-order valence-corrected chi connectivity index (χ1v) is 8.91. The summed E-state index contributed by atoms with van der Waals surface area (Å²) in [5.41, 5.74) is -0.715. The second kappa shape index (κ2) is 6.35. The van der Waals surface area contributed by atoms with E-state index in [9.17, 15) is 18.0 Å². The van der Waals surface area contributed by atoms with Crippen molar-refractivity contribution in [2.45, 2.75) is 13.1 Å². The van der Waals surface area contributed by atoms with E-state index in [1.165, 1.54) is 21.8 Å². The van der Waals surface area contributed by atoms with E-state index in [-0.39, 0.29) is 16.4 Å². The van der Waals surface area contributed by atoms with Crippen LogP contribution < -0.4 is 0 Å². The molecular formula is C20H13F3N2OS. The van der Waals surface area contributed by atoms with Crippen LogP contribution in [0.1, 0.15) is 26.6 Å². The van der Waals surface area contributed by atoms with Gasteiger partial charge in [0.05, 0.1) is 5.69 Å². The van der Waals surface area contributed by atoms with Gasteiger partial charge in [0.1, 0.15) is 0 Å². The van der Waals surface area contributed by atoms with Gasteiger partial charge in [0.25, 0.3) is 0 Å². The summed E-state index contributed by atoms with van der Waals surface area (Å²) in [7, 11) is 0. The highest BCUT2D eigenvalue weighted by Crippen LogP contribution is 2.34. The van der Waals surface area contributed by atoms with Crippen LogP contribution in [0.2, 0.25) is 0 Å². The molecule has 0 amide bonds. The lowest BCUT2D eigenvalue weighted by molar-refractivity contribution is -0.140. The minimum Gasteiger partial charge on any atom is -0.290 e. The maximum atomic E-state index is 13.3. The maximum Gasteiger partial charge on any atom is 0.435 e.